The molecule has 1 aliphatic rings. The molecule has 1 amide bonds. The lowest BCUT2D eigenvalue weighted by atomic mass is 9.98. The van der Waals surface area contributed by atoms with Crippen LogP contribution in [0.1, 0.15) is 49.2 Å². The third-order valence-electron chi connectivity index (χ3n) is 3.76. The summed E-state index contributed by atoms with van der Waals surface area (Å²) in [6.45, 7) is 6.47. The van der Waals surface area contributed by atoms with E-state index in [1.807, 2.05) is 20.8 Å². The summed E-state index contributed by atoms with van der Waals surface area (Å²) < 4.78 is 11.6. The van der Waals surface area contributed by atoms with E-state index >= 15 is 0 Å². The highest BCUT2D eigenvalue weighted by Crippen LogP contribution is 2.34. The first-order valence-electron chi connectivity index (χ1n) is 7.52. The third kappa shape index (κ3) is 3.57. The Morgan fingerprint density at radius 3 is 2.57 bits per heavy atom. The van der Waals surface area contributed by atoms with Crippen molar-refractivity contribution in [3.8, 4) is 0 Å². The number of amides is 1. The largest absolute Gasteiger partial charge is 0.464 e. The molecule has 2 rings (SSSR count). The summed E-state index contributed by atoms with van der Waals surface area (Å²) in [5, 5.41) is 4.14. The normalized spacial score (nSPS) is 18.1. The van der Waals surface area contributed by atoms with E-state index in [9.17, 15) is 9.59 Å². The van der Waals surface area contributed by atoms with Crippen molar-refractivity contribution in [2.24, 2.45) is 7.05 Å². The number of methoxy groups -OCH3 is 1. The number of ether oxygens (including phenoxy) is 2. The maximum absolute atomic E-state index is 12.2. The number of nitrogens with zero attached hydrogens (tertiary/aromatic N) is 3. The molecule has 0 bridgehead atoms. The Labute approximate surface area is 135 Å². The molecule has 1 unspecified atom stereocenters. The number of likely N-dealkylation sites (tertiary alicyclic amines) is 1. The van der Waals surface area contributed by atoms with Crippen LogP contribution >= 0.6 is 0 Å². The highest BCUT2D eigenvalue weighted by Gasteiger charge is 2.35. The summed E-state index contributed by atoms with van der Waals surface area (Å²) in [5.41, 5.74) is 6.37. The van der Waals surface area contributed by atoms with Crippen molar-refractivity contribution in [1.29, 1.82) is 0 Å². The van der Waals surface area contributed by atoms with Gasteiger partial charge in [0, 0.05) is 31.6 Å². The van der Waals surface area contributed by atoms with E-state index in [1.54, 1.807) is 11.9 Å². The topological polar surface area (TPSA) is 99.7 Å². The van der Waals surface area contributed by atoms with Crippen molar-refractivity contribution >= 4 is 17.9 Å². The molecule has 8 heteroatoms. The van der Waals surface area contributed by atoms with E-state index in [0.29, 0.717) is 30.9 Å². The minimum absolute atomic E-state index is 0.0645. The van der Waals surface area contributed by atoms with Crippen molar-refractivity contribution in [2.75, 3.05) is 25.9 Å². The van der Waals surface area contributed by atoms with Crippen molar-refractivity contribution < 1.29 is 19.1 Å². The summed E-state index contributed by atoms with van der Waals surface area (Å²) in [6, 6.07) is 0. The zero-order valence-corrected chi connectivity index (χ0v) is 14.3. The number of nitrogens with two attached hydrogens (primary N) is 1. The van der Waals surface area contributed by atoms with Gasteiger partial charge in [-0.05, 0) is 27.2 Å². The van der Waals surface area contributed by atoms with Crippen molar-refractivity contribution in [2.45, 2.75) is 38.7 Å². The molecule has 1 aromatic heterocycles. The average molecular weight is 324 g/mol. The summed E-state index contributed by atoms with van der Waals surface area (Å²) in [6.07, 6.45) is 0.334. The van der Waals surface area contributed by atoms with Crippen LogP contribution in [0.4, 0.5) is 10.6 Å². The van der Waals surface area contributed by atoms with E-state index in [4.69, 9.17) is 15.2 Å². The predicted octanol–water partition coefficient (Wildman–Crippen LogP) is 1.51. The van der Waals surface area contributed by atoms with Crippen LogP contribution in [-0.4, -0.2) is 52.5 Å². The fourth-order valence-corrected chi connectivity index (χ4v) is 2.69. The fraction of sp³-hybridized carbons (Fsp3) is 0.667. The molecular formula is C15H24N4O4. The lowest BCUT2D eigenvalue weighted by Crippen LogP contribution is -2.35. The first kappa shape index (κ1) is 17.1. The lowest BCUT2D eigenvalue weighted by molar-refractivity contribution is 0.0292. The highest BCUT2D eigenvalue weighted by molar-refractivity contribution is 5.90. The molecule has 23 heavy (non-hydrogen) atoms. The molecule has 1 fully saturated rings. The Morgan fingerprint density at radius 1 is 1.35 bits per heavy atom. The zero-order valence-electron chi connectivity index (χ0n) is 14.3. The van der Waals surface area contributed by atoms with Gasteiger partial charge in [0.25, 0.3) is 0 Å². The van der Waals surface area contributed by atoms with Gasteiger partial charge in [0.1, 0.15) is 11.4 Å². The molecular weight excluding hydrogens is 300 g/mol. The van der Waals surface area contributed by atoms with E-state index in [1.165, 1.54) is 11.8 Å². The van der Waals surface area contributed by atoms with Crippen LogP contribution in [-0.2, 0) is 16.5 Å². The second-order valence-corrected chi connectivity index (χ2v) is 6.67. The van der Waals surface area contributed by atoms with Gasteiger partial charge in [-0.15, -0.1) is 0 Å². The number of aromatic nitrogens is 2. The smallest absolute Gasteiger partial charge is 0.410 e. The molecule has 1 aromatic rings. The number of aryl methyl sites for hydroxylation is 1. The van der Waals surface area contributed by atoms with Crippen molar-refractivity contribution in [3.05, 3.63) is 11.3 Å². The van der Waals surface area contributed by atoms with Crippen LogP contribution in [0.3, 0.4) is 0 Å². The minimum Gasteiger partial charge on any atom is -0.464 e. The zero-order chi connectivity index (χ0) is 17.4. The van der Waals surface area contributed by atoms with Gasteiger partial charge in [0.2, 0.25) is 0 Å². The monoisotopic (exact) mass is 324 g/mol. The minimum atomic E-state index is -0.542. The number of nitrogen functional groups attached to an aromatic ring is 1. The third-order valence-corrected chi connectivity index (χ3v) is 3.76. The maximum atomic E-state index is 12.2. The second-order valence-electron chi connectivity index (χ2n) is 6.67. The Bertz CT molecular complexity index is 618. The van der Waals surface area contributed by atoms with Crippen molar-refractivity contribution in [1.82, 2.24) is 14.7 Å². The number of carbonyl (C=O) groups is 2. The number of hydrogen-bond donors (Lipinski definition) is 1. The predicted molar refractivity (Wildman–Crippen MR) is 84.1 cm³/mol. The molecule has 128 valence electrons. The first-order chi connectivity index (χ1) is 10.6. The standard InChI is InChI=1S/C15H24N4O4/c1-15(2,3)23-14(21)19-7-6-9(8-19)10-11(13(20)22-5)17-18(4)12(10)16/h9H,6-8,16H2,1-5H3. The molecule has 2 heterocycles. The second kappa shape index (κ2) is 6.10. The molecule has 2 N–H and O–H groups in total. The van der Waals surface area contributed by atoms with Gasteiger partial charge in [-0.25, -0.2) is 9.59 Å². The van der Waals surface area contributed by atoms with Gasteiger partial charge in [-0.3, -0.25) is 4.68 Å². The first-order valence-corrected chi connectivity index (χ1v) is 7.52. The van der Waals surface area contributed by atoms with Crippen LogP contribution < -0.4 is 5.73 Å². The Kier molecular flexibility index (Phi) is 4.53. The number of rotatable bonds is 2. The molecule has 8 nitrogen and oxygen atoms in total. The number of anilines is 1. The van der Waals surface area contributed by atoms with Gasteiger partial charge in [-0.2, -0.15) is 5.10 Å². The van der Waals surface area contributed by atoms with E-state index in [0.717, 1.165) is 0 Å². The Balaban J connectivity index is 2.19. The quantitative estimate of drug-likeness (QED) is 0.828. The van der Waals surface area contributed by atoms with Gasteiger partial charge in [0.05, 0.1) is 7.11 Å². The van der Waals surface area contributed by atoms with Crippen LogP contribution in [0, 0.1) is 0 Å². The molecule has 0 radical (unpaired) electrons. The summed E-state index contributed by atoms with van der Waals surface area (Å²) in [7, 11) is 2.98. The molecule has 1 saturated heterocycles. The maximum Gasteiger partial charge on any atom is 0.410 e. The van der Waals surface area contributed by atoms with E-state index < -0.39 is 11.6 Å². The van der Waals surface area contributed by atoms with Crippen LogP contribution in [0.25, 0.3) is 0 Å². The molecule has 1 aliphatic heterocycles. The number of hydrogen-bond acceptors (Lipinski definition) is 6. The fourth-order valence-electron chi connectivity index (χ4n) is 2.69. The summed E-state index contributed by atoms with van der Waals surface area (Å²) in [5.74, 6) is -0.172. The molecule has 0 saturated carbocycles. The van der Waals surface area contributed by atoms with Gasteiger partial charge < -0.3 is 20.1 Å². The van der Waals surface area contributed by atoms with E-state index in [-0.39, 0.29) is 17.7 Å². The van der Waals surface area contributed by atoms with Gasteiger partial charge in [-0.1, -0.05) is 0 Å². The van der Waals surface area contributed by atoms with Gasteiger partial charge >= 0.3 is 12.1 Å². The Morgan fingerprint density at radius 2 is 2.00 bits per heavy atom. The molecule has 0 aromatic carbocycles. The van der Waals surface area contributed by atoms with E-state index in [2.05, 4.69) is 5.10 Å². The van der Waals surface area contributed by atoms with Crippen LogP contribution in [0.15, 0.2) is 0 Å². The molecule has 0 aliphatic carbocycles. The molecule has 1 atom stereocenters. The van der Waals surface area contributed by atoms with Gasteiger partial charge in [0.15, 0.2) is 5.69 Å². The van der Waals surface area contributed by atoms with Crippen molar-refractivity contribution in [3.63, 3.8) is 0 Å². The summed E-state index contributed by atoms with van der Waals surface area (Å²) in [4.78, 5) is 25.7. The average Bonchev–Trinajstić information content (AvgIpc) is 3.02. The summed E-state index contributed by atoms with van der Waals surface area (Å²) >= 11 is 0. The SMILES string of the molecule is COC(=O)c1nn(C)c(N)c1C1CCN(C(=O)OC(C)(C)C)C1. The molecule has 0 spiro atoms. The lowest BCUT2D eigenvalue weighted by Gasteiger charge is -2.24. The Hall–Kier alpha value is -2.25. The number of esters is 1. The highest BCUT2D eigenvalue weighted by atomic mass is 16.6. The van der Waals surface area contributed by atoms with Crippen LogP contribution in [0.2, 0.25) is 0 Å². The van der Waals surface area contributed by atoms with Crippen LogP contribution in [0.5, 0.6) is 0 Å². The number of carbonyl (C=O) groups excluding carboxylic acids is 2.